The van der Waals surface area contributed by atoms with Crippen molar-refractivity contribution < 1.29 is 4.74 Å². The van der Waals surface area contributed by atoms with E-state index in [9.17, 15) is 0 Å². The van der Waals surface area contributed by atoms with Crippen LogP contribution in [-0.2, 0) is 13.1 Å². The summed E-state index contributed by atoms with van der Waals surface area (Å²) in [6, 6.07) is 21.3. The lowest BCUT2D eigenvalue weighted by Crippen LogP contribution is -2.58. The number of hydrogen-bond donors (Lipinski definition) is 0. The maximum absolute atomic E-state index is 5.30. The van der Waals surface area contributed by atoms with Gasteiger partial charge in [-0.05, 0) is 42.5 Å². The summed E-state index contributed by atoms with van der Waals surface area (Å²) in [6.07, 6.45) is 5.77. The number of nitrogens with zero attached hydrogens (tertiary/aromatic N) is 2. The summed E-state index contributed by atoms with van der Waals surface area (Å²) >= 11 is 0. The van der Waals surface area contributed by atoms with Crippen molar-refractivity contribution in [3.63, 3.8) is 0 Å². The molecule has 2 heterocycles. The van der Waals surface area contributed by atoms with Crippen molar-refractivity contribution in [1.82, 2.24) is 9.80 Å². The Balaban J connectivity index is 1.50. The summed E-state index contributed by atoms with van der Waals surface area (Å²) in [5, 5.41) is 0. The molecule has 3 heteroatoms. The van der Waals surface area contributed by atoms with Crippen LogP contribution in [-0.4, -0.2) is 41.6 Å². The molecule has 4 rings (SSSR count). The van der Waals surface area contributed by atoms with Crippen LogP contribution in [0, 0.1) is 0 Å². The number of rotatable bonds is 7. The fourth-order valence-corrected chi connectivity index (χ4v) is 4.89. The molecule has 2 aliphatic rings. The maximum atomic E-state index is 5.30. The standard InChI is InChI=1S/C24H30N2O/c1-3-7-23-24-15-12-21(26(24)17-19-8-5-4-6-9-19)18-25(23)16-20-10-13-22(27-2)14-11-20/h3-6,8-11,13-14,21,23-24H,1,7,12,15-18H2,2H3/t21-,23+,24?/m0/s1. The molecule has 0 saturated carbocycles. The van der Waals surface area contributed by atoms with E-state index in [1.54, 1.807) is 7.11 Å². The van der Waals surface area contributed by atoms with Gasteiger partial charge < -0.3 is 4.74 Å². The smallest absolute Gasteiger partial charge is 0.118 e. The molecule has 2 aliphatic heterocycles. The summed E-state index contributed by atoms with van der Waals surface area (Å²) in [5.74, 6) is 0.925. The molecule has 2 bridgehead atoms. The lowest BCUT2D eigenvalue weighted by atomic mass is 9.97. The summed E-state index contributed by atoms with van der Waals surface area (Å²) in [4.78, 5) is 5.45. The monoisotopic (exact) mass is 362 g/mol. The topological polar surface area (TPSA) is 15.7 Å². The fourth-order valence-electron chi connectivity index (χ4n) is 4.89. The Kier molecular flexibility index (Phi) is 5.61. The lowest BCUT2D eigenvalue weighted by molar-refractivity contribution is 0.00694. The number of fused-ring (bicyclic) bond motifs is 2. The SMILES string of the molecule is C=CC[C@@H]1C2CC[C@@H](CN1Cc1ccc(OC)cc1)N2Cc1ccccc1. The molecule has 0 amide bonds. The number of likely N-dealkylation sites (tertiary alicyclic amines) is 1. The van der Waals surface area contributed by atoms with Crippen LogP contribution in [0.4, 0.5) is 0 Å². The van der Waals surface area contributed by atoms with E-state index < -0.39 is 0 Å². The molecule has 2 fully saturated rings. The largest absolute Gasteiger partial charge is 0.497 e. The van der Waals surface area contributed by atoms with Crippen molar-refractivity contribution >= 4 is 0 Å². The number of piperazine rings is 1. The fraction of sp³-hybridized carbons (Fsp3) is 0.417. The second kappa shape index (κ2) is 8.28. The zero-order valence-electron chi connectivity index (χ0n) is 16.3. The van der Waals surface area contributed by atoms with E-state index in [1.165, 1.54) is 24.0 Å². The molecule has 142 valence electrons. The first-order chi connectivity index (χ1) is 13.3. The third kappa shape index (κ3) is 3.95. The van der Waals surface area contributed by atoms with Crippen LogP contribution in [0.2, 0.25) is 0 Å². The molecule has 2 aromatic rings. The Bertz CT molecular complexity index is 743. The van der Waals surface area contributed by atoms with Gasteiger partial charge in [-0.2, -0.15) is 0 Å². The first kappa shape index (κ1) is 18.3. The maximum Gasteiger partial charge on any atom is 0.118 e. The Morgan fingerprint density at radius 3 is 2.44 bits per heavy atom. The van der Waals surface area contributed by atoms with Gasteiger partial charge in [0, 0.05) is 37.8 Å². The van der Waals surface area contributed by atoms with Crippen molar-refractivity contribution in [3.8, 4) is 5.75 Å². The van der Waals surface area contributed by atoms with Crippen molar-refractivity contribution in [2.75, 3.05) is 13.7 Å². The highest BCUT2D eigenvalue weighted by Gasteiger charge is 2.45. The van der Waals surface area contributed by atoms with Crippen molar-refractivity contribution in [2.45, 2.75) is 50.5 Å². The summed E-state index contributed by atoms with van der Waals surface area (Å²) < 4.78 is 5.30. The van der Waals surface area contributed by atoms with Gasteiger partial charge in [-0.3, -0.25) is 9.80 Å². The molecular weight excluding hydrogens is 332 g/mol. The minimum absolute atomic E-state index is 0.548. The third-order valence-corrected chi connectivity index (χ3v) is 6.21. The third-order valence-electron chi connectivity index (χ3n) is 6.21. The van der Waals surface area contributed by atoms with E-state index >= 15 is 0 Å². The average Bonchev–Trinajstić information content (AvgIpc) is 2.99. The number of benzene rings is 2. The van der Waals surface area contributed by atoms with Crippen molar-refractivity contribution in [1.29, 1.82) is 0 Å². The zero-order chi connectivity index (χ0) is 18.6. The van der Waals surface area contributed by atoms with Gasteiger partial charge in [-0.25, -0.2) is 0 Å². The highest BCUT2D eigenvalue weighted by molar-refractivity contribution is 5.27. The molecule has 0 radical (unpaired) electrons. The molecule has 0 N–H and O–H groups in total. The lowest BCUT2D eigenvalue weighted by Gasteiger charge is -2.47. The van der Waals surface area contributed by atoms with Crippen LogP contribution in [0.15, 0.2) is 67.3 Å². The summed E-state index contributed by atoms with van der Waals surface area (Å²) in [6.45, 7) is 7.27. The summed E-state index contributed by atoms with van der Waals surface area (Å²) in [5.41, 5.74) is 2.79. The van der Waals surface area contributed by atoms with Gasteiger partial charge in [0.25, 0.3) is 0 Å². The van der Waals surface area contributed by atoms with Gasteiger partial charge in [0.1, 0.15) is 5.75 Å². The van der Waals surface area contributed by atoms with Gasteiger partial charge in [-0.1, -0.05) is 48.5 Å². The highest BCUT2D eigenvalue weighted by atomic mass is 16.5. The molecule has 0 aromatic heterocycles. The number of methoxy groups -OCH3 is 1. The van der Waals surface area contributed by atoms with Crippen LogP contribution in [0.1, 0.15) is 30.4 Å². The van der Waals surface area contributed by atoms with Crippen LogP contribution in [0.25, 0.3) is 0 Å². The van der Waals surface area contributed by atoms with E-state index in [0.717, 1.165) is 31.8 Å². The quantitative estimate of drug-likeness (QED) is 0.675. The van der Waals surface area contributed by atoms with E-state index in [0.29, 0.717) is 18.1 Å². The van der Waals surface area contributed by atoms with E-state index in [4.69, 9.17) is 4.74 Å². The van der Waals surface area contributed by atoms with Gasteiger partial charge in [0.2, 0.25) is 0 Å². The molecule has 3 atom stereocenters. The van der Waals surface area contributed by atoms with Crippen LogP contribution >= 0.6 is 0 Å². The molecule has 0 aliphatic carbocycles. The first-order valence-corrected chi connectivity index (χ1v) is 10.1. The number of hydrogen-bond acceptors (Lipinski definition) is 3. The molecule has 3 nitrogen and oxygen atoms in total. The molecule has 2 aromatic carbocycles. The Morgan fingerprint density at radius 1 is 1.00 bits per heavy atom. The Morgan fingerprint density at radius 2 is 1.74 bits per heavy atom. The molecule has 27 heavy (non-hydrogen) atoms. The molecule has 0 spiro atoms. The minimum atomic E-state index is 0.548. The summed E-state index contributed by atoms with van der Waals surface area (Å²) in [7, 11) is 1.72. The van der Waals surface area contributed by atoms with E-state index in [-0.39, 0.29) is 0 Å². The van der Waals surface area contributed by atoms with Crippen LogP contribution in [0.5, 0.6) is 5.75 Å². The Hall–Kier alpha value is -2.10. The van der Waals surface area contributed by atoms with E-state index in [2.05, 4.69) is 77.1 Å². The van der Waals surface area contributed by atoms with Gasteiger partial charge in [-0.15, -0.1) is 6.58 Å². The van der Waals surface area contributed by atoms with Gasteiger partial charge >= 0.3 is 0 Å². The molecular formula is C24H30N2O. The van der Waals surface area contributed by atoms with Gasteiger partial charge in [0.15, 0.2) is 0 Å². The number of ether oxygens (including phenoxy) is 1. The predicted molar refractivity (Wildman–Crippen MR) is 111 cm³/mol. The van der Waals surface area contributed by atoms with Crippen molar-refractivity contribution in [3.05, 3.63) is 78.4 Å². The minimum Gasteiger partial charge on any atom is -0.497 e. The highest BCUT2D eigenvalue weighted by Crippen LogP contribution is 2.37. The molecule has 2 saturated heterocycles. The Labute approximate surface area is 163 Å². The second-order valence-electron chi connectivity index (χ2n) is 7.83. The normalized spacial score (nSPS) is 25.4. The van der Waals surface area contributed by atoms with Gasteiger partial charge in [0.05, 0.1) is 7.11 Å². The van der Waals surface area contributed by atoms with E-state index in [1.807, 2.05) is 0 Å². The zero-order valence-corrected chi connectivity index (χ0v) is 16.3. The second-order valence-corrected chi connectivity index (χ2v) is 7.83. The van der Waals surface area contributed by atoms with Crippen LogP contribution in [0.3, 0.4) is 0 Å². The van der Waals surface area contributed by atoms with Crippen molar-refractivity contribution in [2.24, 2.45) is 0 Å². The average molecular weight is 363 g/mol. The van der Waals surface area contributed by atoms with Crippen LogP contribution < -0.4 is 4.74 Å². The molecule has 1 unspecified atom stereocenters. The predicted octanol–water partition coefficient (Wildman–Crippen LogP) is 4.49. The first-order valence-electron chi connectivity index (χ1n) is 10.1.